The van der Waals surface area contributed by atoms with Crippen molar-refractivity contribution >= 4 is 6.03 Å². The van der Waals surface area contributed by atoms with Crippen LogP contribution < -0.4 is 5.32 Å². The Labute approximate surface area is 118 Å². The van der Waals surface area contributed by atoms with Crippen LogP contribution in [0.25, 0.3) is 0 Å². The third-order valence-corrected chi connectivity index (χ3v) is 3.82. The van der Waals surface area contributed by atoms with E-state index in [0.717, 1.165) is 39.1 Å². The Balaban J connectivity index is 2.18. The van der Waals surface area contributed by atoms with Crippen LogP contribution in [0.4, 0.5) is 4.79 Å². The summed E-state index contributed by atoms with van der Waals surface area (Å²) >= 11 is 0. The summed E-state index contributed by atoms with van der Waals surface area (Å²) in [5.41, 5.74) is 0.211. The number of amides is 2. The lowest BCUT2D eigenvalue weighted by Gasteiger charge is -2.42. The zero-order valence-electron chi connectivity index (χ0n) is 13.2. The normalized spacial score (nSPS) is 17.6. The fourth-order valence-electron chi connectivity index (χ4n) is 2.44. The first-order valence-corrected chi connectivity index (χ1v) is 7.73. The van der Waals surface area contributed by atoms with Crippen LogP contribution in [0.2, 0.25) is 0 Å². The Hall–Kier alpha value is -0.770. The highest BCUT2D eigenvalue weighted by atomic mass is 16.2. The van der Waals surface area contributed by atoms with E-state index in [1.807, 2.05) is 4.90 Å². The molecule has 4 heteroatoms. The van der Waals surface area contributed by atoms with Gasteiger partial charge in [0.15, 0.2) is 0 Å². The number of carbonyl (C=O) groups is 1. The summed E-state index contributed by atoms with van der Waals surface area (Å²) in [6.07, 6.45) is 4.82. The molecule has 1 heterocycles. The van der Waals surface area contributed by atoms with Crippen LogP contribution >= 0.6 is 0 Å². The summed E-state index contributed by atoms with van der Waals surface area (Å²) in [6, 6.07) is 0.116. The van der Waals surface area contributed by atoms with E-state index in [4.69, 9.17) is 0 Å². The number of piperazine rings is 1. The monoisotopic (exact) mass is 269 g/mol. The lowest BCUT2D eigenvalue weighted by atomic mass is 10.1. The third kappa shape index (κ3) is 5.81. The van der Waals surface area contributed by atoms with Gasteiger partial charge in [0, 0.05) is 38.3 Å². The number of unbranched alkanes of at least 4 members (excludes halogenated alkanes) is 3. The summed E-state index contributed by atoms with van der Waals surface area (Å²) in [4.78, 5) is 16.4. The van der Waals surface area contributed by atoms with Crippen LogP contribution in [0.3, 0.4) is 0 Å². The predicted octanol–water partition coefficient (Wildman–Crippen LogP) is 2.69. The second-order valence-electron chi connectivity index (χ2n) is 6.44. The second-order valence-corrected chi connectivity index (χ2v) is 6.44. The van der Waals surface area contributed by atoms with E-state index in [9.17, 15) is 4.79 Å². The van der Waals surface area contributed by atoms with E-state index in [1.165, 1.54) is 19.3 Å². The van der Waals surface area contributed by atoms with Gasteiger partial charge in [-0.15, -0.1) is 0 Å². The average molecular weight is 269 g/mol. The van der Waals surface area contributed by atoms with Crippen LogP contribution in [0, 0.1) is 0 Å². The first-order valence-electron chi connectivity index (χ1n) is 7.73. The Morgan fingerprint density at radius 2 is 1.68 bits per heavy atom. The fraction of sp³-hybridized carbons (Fsp3) is 0.933. The van der Waals surface area contributed by atoms with Crippen molar-refractivity contribution in [1.29, 1.82) is 0 Å². The molecule has 1 aliphatic heterocycles. The van der Waals surface area contributed by atoms with Gasteiger partial charge in [0.1, 0.15) is 0 Å². The molecule has 0 aromatic heterocycles. The van der Waals surface area contributed by atoms with Crippen molar-refractivity contribution in [1.82, 2.24) is 15.1 Å². The highest BCUT2D eigenvalue weighted by Gasteiger charge is 2.27. The summed E-state index contributed by atoms with van der Waals surface area (Å²) in [7, 11) is 0. The zero-order chi connectivity index (χ0) is 14.3. The van der Waals surface area contributed by atoms with Gasteiger partial charge in [0.2, 0.25) is 0 Å². The maximum Gasteiger partial charge on any atom is 0.317 e. The van der Waals surface area contributed by atoms with Crippen LogP contribution in [0.15, 0.2) is 0 Å². The molecule has 1 rings (SSSR count). The molecule has 0 radical (unpaired) electrons. The quantitative estimate of drug-likeness (QED) is 0.779. The standard InChI is InChI=1S/C15H31N3O/c1-5-6-7-8-9-16-14(19)17-10-12-18(13-11-17)15(2,3)4/h5-13H2,1-4H3,(H,16,19). The van der Waals surface area contributed by atoms with Crippen LogP contribution in [-0.2, 0) is 0 Å². The Morgan fingerprint density at radius 1 is 1.05 bits per heavy atom. The molecule has 1 saturated heterocycles. The van der Waals surface area contributed by atoms with Crippen molar-refractivity contribution in [3.05, 3.63) is 0 Å². The molecule has 1 fully saturated rings. The molecule has 0 bridgehead atoms. The molecule has 0 aromatic rings. The van der Waals surface area contributed by atoms with E-state index in [1.54, 1.807) is 0 Å². The number of hydrogen-bond acceptors (Lipinski definition) is 2. The lowest BCUT2D eigenvalue weighted by Crippen LogP contribution is -2.56. The van der Waals surface area contributed by atoms with Gasteiger partial charge < -0.3 is 10.2 Å². The average Bonchev–Trinajstić information content (AvgIpc) is 2.37. The molecular formula is C15H31N3O. The molecule has 112 valence electrons. The first-order chi connectivity index (χ1) is 8.95. The number of rotatable bonds is 5. The highest BCUT2D eigenvalue weighted by molar-refractivity contribution is 5.74. The van der Waals surface area contributed by atoms with E-state index in [0.29, 0.717) is 0 Å². The van der Waals surface area contributed by atoms with Crippen LogP contribution in [0.5, 0.6) is 0 Å². The molecule has 4 nitrogen and oxygen atoms in total. The smallest absolute Gasteiger partial charge is 0.317 e. The number of nitrogens with one attached hydrogen (secondary N) is 1. The minimum atomic E-state index is 0.116. The van der Waals surface area contributed by atoms with Gasteiger partial charge in [-0.3, -0.25) is 4.90 Å². The molecule has 0 spiro atoms. The minimum absolute atomic E-state index is 0.116. The topological polar surface area (TPSA) is 35.6 Å². The van der Waals surface area contributed by atoms with Crippen molar-refractivity contribution in [2.75, 3.05) is 32.7 Å². The molecule has 1 N–H and O–H groups in total. The van der Waals surface area contributed by atoms with Crippen LogP contribution in [-0.4, -0.2) is 54.1 Å². The van der Waals surface area contributed by atoms with E-state index < -0.39 is 0 Å². The molecule has 0 saturated carbocycles. The maximum atomic E-state index is 12.0. The molecule has 0 atom stereocenters. The molecule has 0 aromatic carbocycles. The molecule has 1 aliphatic rings. The summed E-state index contributed by atoms with van der Waals surface area (Å²) in [5.74, 6) is 0. The van der Waals surface area contributed by atoms with Gasteiger partial charge in [0.25, 0.3) is 0 Å². The Bertz CT molecular complexity index is 265. The fourth-order valence-corrected chi connectivity index (χ4v) is 2.44. The van der Waals surface area contributed by atoms with Crippen molar-refractivity contribution in [2.45, 2.75) is 58.9 Å². The molecule has 0 aliphatic carbocycles. The van der Waals surface area contributed by atoms with Gasteiger partial charge in [-0.2, -0.15) is 0 Å². The zero-order valence-corrected chi connectivity index (χ0v) is 13.2. The molecule has 2 amide bonds. The van der Waals surface area contributed by atoms with Gasteiger partial charge in [-0.25, -0.2) is 4.79 Å². The van der Waals surface area contributed by atoms with E-state index in [-0.39, 0.29) is 11.6 Å². The SMILES string of the molecule is CCCCCCNC(=O)N1CCN(C(C)(C)C)CC1. The summed E-state index contributed by atoms with van der Waals surface area (Å²) in [5, 5.41) is 3.03. The molecule has 0 unspecified atom stereocenters. The number of carbonyl (C=O) groups excluding carboxylic acids is 1. The van der Waals surface area contributed by atoms with Crippen molar-refractivity contribution in [2.24, 2.45) is 0 Å². The molecular weight excluding hydrogens is 238 g/mol. The Morgan fingerprint density at radius 3 is 2.21 bits per heavy atom. The van der Waals surface area contributed by atoms with Gasteiger partial charge in [-0.1, -0.05) is 26.2 Å². The largest absolute Gasteiger partial charge is 0.338 e. The number of nitrogens with zero attached hydrogens (tertiary/aromatic N) is 2. The van der Waals surface area contributed by atoms with E-state index in [2.05, 4.69) is 37.9 Å². The van der Waals surface area contributed by atoms with Crippen molar-refractivity contribution < 1.29 is 4.79 Å². The van der Waals surface area contributed by atoms with Crippen LogP contribution in [0.1, 0.15) is 53.4 Å². The predicted molar refractivity (Wildman–Crippen MR) is 80.4 cm³/mol. The lowest BCUT2D eigenvalue weighted by molar-refractivity contribution is 0.0743. The summed E-state index contributed by atoms with van der Waals surface area (Å²) in [6.45, 7) is 13.4. The number of urea groups is 1. The van der Waals surface area contributed by atoms with Crippen molar-refractivity contribution in [3.63, 3.8) is 0 Å². The molecule has 19 heavy (non-hydrogen) atoms. The first kappa shape index (κ1) is 16.3. The number of hydrogen-bond donors (Lipinski definition) is 1. The van der Waals surface area contributed by atoms with Crippen molar-refractivity contribution in [3.8, 4) is 0 Å². The van der Waals surface area contributed by atoms with Gasteiger partial charge >= 0.3 is 6.03 Å². The summed E-state index contributed by atoms with van der Waals surface area (Å²) < 4.78 is 0. The second kappa shape index (κ2) is 7.73. The highest BCUT2D eigenvalue weighted by Crippen LogP contribution is 2.15. The van der Waals surface area contributed by atoms with E-state index >= 15 is 0 Å². The van der Waals surface area contributed by atoms with Gasteiger partial charge in [0.05, 0.1) is 0 Å². The minimum Gasteiger partial charge on any atom is -0.338 e. The maximum absolute atomic E-state index is 12.0. The third-order valence-electron chi connectivity index (χ3n) is 3.82. The van der Waals surface area contributed by atoms with Gasteiger partial charge in [-0.05, 0) is 27.2 Å². The Kier molecular flexibility index (Phi) is 6.63.